The molecule has 0 radical (unpaired) electrons. The van der Waals surface area contributed by atoms with Crippen molar-refractivity contribution in [3.8, 4) is 5.75 Å². The molecule has 3 atom stereocenters. The molecule has 0 saturated carbocycles. The number of carbonyl (C=O) groups excluding carboxylic acids is 2. The predicted molar refractivity (Wildman–Crippen MR) is 76.7 cm³/mol. The highest BCUT2D eigenvalue weighted by atomic mass is 16.6. The molecule has 0 saturated heterocycles. The lowest BCUT2D eigenvalue weighted by molar-refractivity contribution is -0.178. The second-order valence-corrected chi connectivity index (χ2v) is 4.98. The van der Waals surface area contributed by atoms with Crippen LogP contribution in [0.2, 0.25) is 0 Å². The number of rotatable bonds is 7. The first kappa shape index (κ1) is 17.9. The third-order valence-corrected chi connectivity index (χ3v) is 3.45. The third kappa shape index (κ3) is 2.85. The van der Waals surface area contributed by atoms with Gasteiger partial charge >= 0.3 is 5.97 Å². The number of aliphatic hydroxyl groups is 5. The Balaban J connectivity index is 2.55. The fraction of sp³-hybridized carbons (Fsp3) is 0.333. The molecule has 0 aliphatic carbocycles. The van der Waals surface area contributed by atoms with Crippen LogP contribution in [-0.2, 0) is 14.3 Å². The summed E-state index contributed by atoms with van der Waals surface area (Å²) in [4.78, 5) is 24.1. The Morgan fingerprint density at radius 2 is 1.79 bits per heavy atom. The molecule has 1 aromatic carbocycles. The molecule has 1 aromatic rings. The number of hydrogen-bond donors (Lipinski definition) is 5. The first-order chi connectivity index (χ1) is 11.4. The van der Waals surface area contributed by atoms with Gasteiger partial charge in [0.25, 0.3) is 5.60 Å². The fourth-order valence-corrected chi connectivity index (χ4v) is 2.24. The first-order valence-corrected chi connectivity index (χ1v) is 6.90. The van der Waals surface area contributed by atoms with Crippen LogP contribution in [0.1, 0.15) is 0 Å². The molecule has 0 fully saturated rings. The zero-order valence-electron chi connectivity index (χ0n) is 12.3. The molecular formula is C15H16O9. The number of esters is 1. The molecule has 1 unspecified atom stereocenters. The predicted octanol–water partition coefficient (Wildman–Crippen LogP) is -1.59. The summed E-state index contributed by atoms with van der Waals surface area (Å²) in [7, 11) is 0. The Kier molecular flexibility index (Phi) is 5.20. The van der Waals surface area contributed by atoms with E-state index in [0.29, 0.717) is 0 Å². The van der Waals surface area contributed by atoms with Crippen molar-refractivity contribution in [2.45, 2.75) is 17.8 Å². The number of para-hydroxylation sites is 1. The second kappa shape index (κ2) is 6.97. The van der Waals surface area contributed by atoms with Crippen LogP contribution in [0.15, 0.2) is 41.9 Å². The van der Waals surface area contributed by atoms with Crippen LogP contribution in [-0.4, -0.2) is 68.3 Å². The lowest BCUT2D eigenvalue weighted by atomic mass is 9.87. The number of benzene rings is 1. The van der Waals surface area contributed by atoms with Crippen LogP contribution >= 0.6 is 0 Å². The van der Waals surface area contributed by atoms with Crippen LogP contribution in [0.5, 0.6) is 5.75 Å². The van der Waals surface area contributed by atoms with Crippen LogP contribution in [0, 0.1) is 0 Å². The Morgan fingerprint density at radius 3 is 2.33 bits per heavy atom. The van der Waals surface area contributed by atoms with Gasteiger partial charge in [-0.1, -0.05) is 18.2 Å². The molecule has 9 heteroatoms. The van der Waals surface area contributed by atoms with E-state index < -0.39 is 54.3 Å². The molecule has 2 rings (SSSR count). The van der Waals surface area contributed by atoms with Crippen molar-refractivity contribution in [1.82, 2.24) is 0 Å². The van der Waals surface area contributed by atoms with E-state index in [1.165, 1.54) is 12.1 Å². The van der Waals surface area contributed by atoms with Crippen molar-refractivity contribution < 1.29 is 44.6 Å². The molecule has 1 heterocycles. The number of aliphatic hydroxyl groups excluding tert-OH is 5. The smallest absolute Gasteiger partial charge is 0.378 e. The second-order valence-electron chi connectivity index (χ2n) is 4.98. The molecule has 1 aliphatic heterocycles. The van der Waals surface area contributed by atoms with Gasteiger partial charge in [0.2, 0.25) is 17.3 Å². The molecule has 0 bridgehead atoms. The van der Waals surface area contributed by atoms with Crippen molar-refractivity contribution >= 4 is 11.8 Å². The van der Waals surface area contributed by atoms with E-state index in [2.05, 4.69) is 0 Å². The summed E-state index contributed by atoms with van der Waals surface area (Å²) in [6.45, 7) is -2.08. The fourth-order valence-electron chi connectivity index (χ4n) is 2.24. The molecule has 0 aromatic heterocycles. The van der Waals surface area contributed by atoms with E-state index in [4.69, 9.17) is 14.6 Å². The number of hydrogen-bond acceptors (Lipinski definition) is 9. The van der Waals surface area contributed by atoms with Gasteiger partial charge in [0.05, 0.1) is 13.2 Å². The molecule has 0 amide bonds. The van der Waals surface area contributed by atoms with Gasteiger partial charge in [-0.3, -0.25) is 4.79 Å². The zero-order valence-corrected chi connectivity index (χ0v) is 12.3. The minimum Gasteiger partial charge on any atom is -0.499 e. The Hall–Kier alpha value is -2.46. The largest absolute Gasteiger partial charge is 0.499 e. The Bertz CT molecular complexity index is 654. The van der Waals surface area contributed by atoms with Crippen LogP contribution in [0.25, 0.3) is 0 Å². The number of ketones is 1. The van der Waals surface area contributed by atoms with Gasteiger partial charge in [-0.2, -0.15) is 0 Å². The van der Waals surface area contributed by atoms with Crippen molar-refractivity contribution in [3.05, 3.63) is 41.9 Å². The molecule has 130 valence electrons. The summed E-state index contributed by atoms with van der Waals surface area (Å²) in [5.74, 6) is -4.51. The van der Waals surface area contributed by atoms with Crippen molar-refractivity contribution in [3.63, 3.8) is 0 Å². The molecule has 1 aliphatic rings. The maximum Gasteiger partial charge on any atom is 0.378 e. The Morgan fingerprint density at radius 1 is 1.17 bits per heavy atom. The summed E-state index contributed by atoms with van der Waals surface area (Å²) in [5, 5.41) is 47.7. The Labute approximate surface area is 136 Å². The standard InChI is InChI=1S/C15H16O9/c16-6-9(18)12(21)15(10(19)7-17)13(11(20)14(22)24-15)23-8-4-2-1-3-5-8/h1-5,9-10,16-20H,6-7H2/t9?,10-,15-/m0/s1. The molecule has 9 nitrogen and oxygen atoms in total. The number of ether oxygens (including phenoxy) is 2. The van der Waals surface area contributed by atoms with Gasteiger partial charge in [0.1, 0.15) is 18.0 Å². The van der Waals surface area contributed by atoms with Crippen LogP contribution in [0.3, 0.4) is 0 Å². The van der Waals surface area contributed by atoms with E-state index >= 15 is 0 Å². The zero-order chi connectivity index (χ0) is 17.9. The SMILES string of the molecule is O=C1O[C@](C(=O)C(O)CO)([C@@H](O)CO)C(Oc2ccccc2)=C1O. The summed E-state index contributed by atoms with van der Waals surface area (Å²) >= 11 is 0. The highest BCUT2D eigenvalue weighted by Gasteiger charge is 2.62. The van der Waals surface area contributed by atoms with Crippen LogP contribution < -0.4 is 4.74 Å². The van der Waals surface area contributed by atoms with E-state index in [0.717, 1.165) is 0 Å². The van der Waals surface area contributed by atoms with Gasteiger partial charge in [-0.15, -0.1) is 0 Å². The van der Waals surface area contributed by atoms with Crippen molar-refractivity contribution in [2.75, 3.05) is 13.2 Å². The van der Waals surface area contributed by atoms with E-state index in [-0.39, 0.29) is 5.75 Å². The monoisotopic (exact) mass is 340 g/mol. The van der Waals surface area contributed by atoms with E-state index in [1.54, 1.807) is 18.2 Å². The van der Waals surface area contributed by atoms with Gasteiger partial charge < -0.3 is 35.0 Å². The van der Waals surface area contributed by atoms with Crippen LogP contribution in [0.4, 0.5) is 0 Å². The minimum absolute atomic E-state index is 0.0955. The number of Topliss-reactive ketones (excluding diaryl/α,β-unsaturated/α-hetero) is 1. The first-order valence-electron chi connectivity index (χ1n) is 6.90. The maximum absolute atomic E-state index is 12.4. The van der Waals surface area contributed by atoms with Gasteiger partial charge in [-0.05, 0) is 12.1 Å². The molecule has 0 spiro atoms. The summed E-state index contributed by atoms with van der Waals surface area (Å²) in [5.41, 5.74) is -2.69. The van der Waals surface area contributed by atoms with Crippen molar-refractivity contribution in [1.29, 1.82) is 0 Å². The van der Waals surface area contributed by atoms with Crippen molar-refractivity contribution in [2.24, 2.45) is 0 Å². The minimum atomic E-state index is -2.69. The lowest BCUT2D eigenvalue weighted by Gasteiger charge is -2.32. The maximum atomic E-state index is 12.4. The van der Waals surface area contributed by atoms with E-state index in [1.807, 2.05) is 0 Å². The third-order valence-electron chi connectivity index (χ3n) is 3.45. The van der Waals surface area contributed by atoms with Gasteiger partial charge in [-0.25, -0.2) is 4.79 Å². The summed E-state index contributed by atoms with van der Waals surface area (Å²) < 4.78 is 10.1. The number of carbonyl (C=O) groups is 2. The summed E-state index contributed by atoms with van der Waals surface area (Å²) in [6, 6.07) is 7.67. The highest BCUT2D eigenvalue weighted by molar-refractivity contribution is 6.03. The van der Waals surface area contributed by atoms with E-state index in [9.17, 15) is 30.0 Å². The molecule has 5 N–H and O–H groups in total. The average molecular weight is 340 g/mol. The number of cyclic esters (lactones) is 1. The highest BCUT2D eigenvalue weighted by Crippen LogP contribution is 2.38. The molecule has 24 heavy (non-hydrogen) atoms. The summed E-state index contributed by atoms with van der Waals surface area (Å²) in [6.07, 6.45) is -4.09. The quantitative estimate of drug-likeness (QED) is 0.369. The topological polar surface area (TPSA) is 154 Å². The molecular weight excluding hydrogens is 324 g/mol. The lowest BCUT2D eigenvalue weighted by Crippen LogP contribution is -2.58. The normalized spacial score (nSPS) is 22.9. The van der Waals surface area contributed by atoms with Gasteiger partial charge in [0.15, 0.2) is 0 Å². The average Bonchev–Trinajstić information content (AvgIpc) is 2.86. The van der Waals surface area contributed by atoms with Gasteiger partial charge in [0, 0.05) is 0 Å².